The Hall–Kier alpha value is -3.89. The van der Waals surface area contributed by atoms with E-state index in [1.165, 1.54) is 12.1 Å². The molecule has 0 aromatic heterocycles. The van der Waals surface area contributed by atoms with E-state index in [4.69, 9.17) is 21.7 Å². The van der Waals surface area contributed by atoms with Gasteiger partial charge in [-0.05, 0) is 96.9 Å². The smallest absolute Gasteiger partial charge is 0.360 e. The van der Waals surface area contributed by atoms with Crippen molar-refractivity contribution in [2.45, 2.75) is 115 Å². The fourth-order valence-corrected chi connectivity index (χ4v) is 8.70. The molecule has 16 heteroatoms. The van der Waals surface area contributed by atoms with Crippen molar-refractivity contribution in [3.05, 3.63) is 69.2 Å². The van der Waals surface area contributed by atoms with Crippen LogP contribution in [0.15, 0.2) is 58.4 Å². The quantitative estimate of drug-likeness (QED) is 0.0507. The summed E-state index contributed by atoms with van der Waals surface area (Å²) < 4.78 is 28.8. The lowest BCUT2D eigenvalue weighted by Crippen LogP contribution is -2.59. The monoisotopic (exact) mass is 788 g/mol. The van der Waals surface area contributed by atoms with Gasteiger partial charge in [0.1, 0.15) is 16.5 Å². The predicted octanol–water partition coefficient (Wildman–Crippen LogP) is 7.34. The number of piperidine rings is 1. The van der Waals surface area contributed by atoms with E-state index >= 15 is 0 Å². The van der Waals surface area contributed by atoms with Crippen molar-refractivity contribution in [2.24, 2.45) is 16.3 Å². The van der Waals surface area contributed by atoms with Crippen LogP contribution in [0.3, 0.4) is 0 Å². The van der Waals surface area contributed by atoms with Gasteiger partial charge in [-0.2, -0.15) is 0 Å². The van der Waals surface area contributed by atoms with E-state index in [-0.39, 0.29) is 18.2 Å². The highest BCUT2D eigenvalue weighted by Crippen LogP contribution is 2.54. The number of carbonyl (C=O) groups is 3. The molecule has 2 fully saturated rings. The van der Waals surface area contributed by atoms with Crippen LogP contribution >= 0.6 is 22.2 Å². The molecular formula is C38H53ClN6O8S. The number of aliphatic imine (C=N–C) groups is 1. The van der Waals surface area contributed by atoms with Gasteiger partial charge < -0.3 is 10.1 Å². The van der Waals surface area contributed by atoms with Crippen LogP contribution in [0.5, 0.6) is 0 Å². The fraction of sp³-hybridized carbons (Fsp3) is 0.553. The number of nitro benzene ring substituents is 1. The summed E-state index contributed by atoms with van der Waals surface area (Å²) in [4.78, 5) is 56.4. The van der Waals surface area contributed by atoms with E-state index in [9.17, 15) is 33.6 Å². The molecule has 296 valence electrons. The van der Waals surface area contributed by atoms with Gasteiger partial charge >= 0.3 is 5.97 Å². The largest absolute Gasteiger partial charge is 0.455 e. The molecule has 54 heavy (non-hydrogen) atoms. The number of para-hydroxylation sites is 1. The van der Waals surface area contributed by atoms with Crippen LogP contribution in [0.2, 0.25) is 5.02 Å². The van der Waals surface area contributed by atoms with Crippen LogP contribution in [-0.2, 0) is 25.5 Å². The molecule has 1 atom stereocenters. The molecule has 5 N–H and O–H groups in total. The molecule has 2 aromatic carbocycles. The molecule has 1 heterocycles. The number of esters is 1. The summed E-state index contributed by atoms with van der Waals surface area (Å²) in [5.74, 6) is -1.73. The Morgan fingerprint density at radius 2 is 1.63 bits per heavy atom. The van der Waals surface area contributed by atoms with Gasteiger partial charge in [-0.25, -0.2) is 9.80 Å². The van der Waals surface area contributed by atoms with Crippen molar-refractivity contribution in [1.29, 1.82) is 5.41 Å². The van der Waals surface area contributed by atoms with E-state index in [2.05, 4.69) is 15.7 Å². The number of rotatable bonds is 11. The van der Waals surface area contributed by atoms with Gasteiger partial charge in [0.2, 0.25) is 5.91 Å². The molecule has 4 rings (SSSR count). The minimum Gasteiger partial charge on any atom is -0.455 e. The minimum absolute atomic E-state index is 0.0172. The zero-order valence-corrected chi connectivity index (χ0v) is 33.4. The summed E-state index contributed by atoms with van der Waals surface area (Å²) in [5, 5.41) is 25.2. The lowest BCUT2D eigenvalue weighted by Gasteiger charge is -2.47. The first-order valence-corrected chi connectivity index (χ1v) is 20.1. The fourth-order valence-electron chi connectivity index (χ4n) is 7.02. The molecule has 0 spiro atoms. The molecule has 2 aromatic rings. The Bertz CT molecular complexity index is 1740. The first-order valence-electron chi connectivity index (χ1n) is 18.2. The van der Waals surface area contributed by atoms with E-state index in [0.717, 1.165) is 44.2 Å². The number of nitrogens with zero attached hydrogens (tertiary/aromatic N) is 3. The molecule has 14 nitrogen and oxygen atoms in total. The number of benzene rings is 2. The first kappa shape index (κ1) is 42.8. The van der Waals surface area contributed by atoms with Crippen molar-refractivity contribution in [2.75, 3.05) is 13.1 Å². The number of nitrogens with one attached hydrogen (secondary N) is 3. The van der Waals surface area contributed by atoms with Gasteiger partial charge in [-0.3, -0.25) is 44.6 Å². The molecule has 2 aliphatic rings. The highest BCUT2D eigenvalue weighted by Gasteiger charge is 2.48. The van der Waals surface area contributed by atoms with Crippen molar-refractivity contribution < 1.29 is 33.1 Å². The minimum atomic E-state index is -4.57. The van der Waals surface area contributed by atoms with Crippen LogP contribution in [0.1, 0.15) is 92.1 Å². The Morgan fingerprint density at radius 3 is 2.19 bits per heavy atom. The van der Waals surface area contributed by atoms with Gasteiger partial charge in [-0.15, -0.1) is 10.6 Å². The molecule has 2 amide bonds. The average Bonchev–Trinajstić information content (AvgIpc) is 3.09. The van der Waals surface area contributed by atoms with Gasteiger partial charge in [-0.1, -0.05) is 55.1 Å². The second-order valence-corrected chi connectivity index (χ2v) is 18.5. The van der Waals surface area contributed by atoms with Crippen LogP contribution in [-0.4, -0.2) is 77.8 Å². The van der Waals surface area contributed by atoms with Crippen LogP contribution in [0.25, 0.3) is 0 Å². The maximum absolute atomic E-state index is 14.2. The molecule has 0 bridgehead atoms. The van der Waals surface area contributed by atoms with Crippen molar-refractivity contribution in [3.8, 4) is 0 Å². The Kier molecular flexibility index (Phi) is 13.7. The Morgan fingerprint density at radius 1 is 1.04 bits per heavy atom. The maximum Gasteiger partial charge on any atom is 0.360 e. The zero-order chi connectivity index (χ0) is 40.1. The van der Waals surface area contributed by atoms with Gasteiger partial charge in [0.15, 0.2) is 10.8 Å². The second kappa shape index (κ2) is 17.3. The second-order valence-electron chi connectivity index (χ2n) is 16.1. The molecule has 1 saturated heterocycles. The summed E-state index contributed by atoms with van der Waals surface area (Å²) in [5.41, 5.74) is -0.402. The van der Waals surface area contributed by atoms with Gasteiger partial charge in [0.05, 0.1) is 10.3 Å². The number of carbonyl (C=O) groups excluding carboxylic acids is 3. The third kappa shape index (κ3) is 10.9. The summed E-state index contributed by atoms with van der Waals surface area (Å²) in [6.07, 6.45) is 6.04. The molecule has 1 aliphatic carbocycles. The Labute approximate surface area is 323 Å². The summed E-state index contributed by atoms with van der Waals surface area (Å²) >= 11 is 6.12. The average molecular weight is 789 g/mol. The third-order valence-electron chi connectivity index (χ3n) is 9.62. The van der Waals surface area contributed by atoms with E-state index in [1.807, 2.05) is 20.8 Å². The summed E-state index contributed by atoms with van der Waals surface area (Å²) in [6.45, 7) is 11.2. The lowest BCUT2D eigenvalue weighted by atomic mass is 9.63. The van der Waals surface area contributed by atoms with E-state index in [0.29, 0.717) is 36.5 Å². The number of ether oxygens (including phenoxy) is 1. The maximum atomic E-state index is 14.2. The highest BCUT2D eigenvalue weighted by molar-refractivity contribution is 8.38. The van der Waals surface area contributed by atoms with Crippen LogP contribution in [0, 0.1) is 26.9 Å². The third-order valence-corrected chi connectivity index (χ3v) is 11.7. The van der Waals surface area contributed by atoms with Crippen molar-refractivity contribution in [1.82, 2.24) is 15.8 Å². The SMILES string of the molecule is CC(C)(C)NC(=O)C1(C2CCCCC2)CCN(NC(=O)[C@@H](Cc2ccc(Cl)cc2)N=C(C(=N)C(=O)OC(C)(C)C)S(O)(O)c2ccccc2[N+](=O)[O-])CC1. The predicted molar refractivity (Wildman–Crippen MR) is 210 cm³/mol. The topological polar surface area (TPSA) is 208 Å². The molecule has 1 aliphatic heterocycles. The van der Waals surface area contributed by atoms with Crippen LogP contribution < -0.4 is 10.7 Å². The zero-order valence-electron chi connectivity index (χ0n) is 31.8. The number of hydrogen-bond donors (Lipinski definition) is 5. The molecular weight excluding hydrogens is 736 g/mol. The number of halogens is 1. The van der Waals surface area contributed by atoms with Gasteiger partial charge in [0.25, 0.3) is 11.6 Å². The molecule has 1 saturated carbocycles. The first-order chi connectivity index (χ1) is 25.1. The number of nitro groups is 1. The Balaban J connectivity index is 1.73. The normalized spacial score (nSPS) is 18.3. The van der Waals surface area contributed by atoms with Crippen LogP contribution in [0.4, 0.5) is 5.69 Å². The van der Waals surface area contributed by atoms with Crippen molar-refractivity contribution in [3.63, 3.8) is 0 Å². The standard InChI is InChI=1S/C38H53ClN6O8S/c1-36(2,3)42-35(48)38(26-12-8-7-9-13-26)20-22-44(23-21-38)43-32(46)28(24-25-16-18-27(39)19-17-25)41-33(31(40)34(47)53-37(4,5)6)54(51,52)30-15-11-10-14-29(30)45(49)50/h10-11,14-19,26,28,40,51-52H,7-9,12-13,20-24H2,1-6H3,(H,42,48)(H,43,46)/t28-/m1/s1. The number of hydrogen-bond acceptors (Lipinski definition) is 11. The molecule has 0 radical (unpaired) electrons. The lowest BCUT2D eigenvalue weighted by molar-refractivity contribution is -0.387. The highest BCUT2D eigenvalue weighted by atomic mass is 35.5. The van der Waals surface area contributed by atoms with Gasteiger partial charge in [0, 0.05) is 36.1 Å². The number of hydrazine groups is 1. The molecule has 0 unspecified atom stereocenters. The summed E-state index contributed by atoms with van der Waals surface area (Å²) in [6, 6.07) is 9.90. The van der Waals surface area contributed by atoms with Crippen molar-refractivity contribution >= 4 is 56.4 Å². The number of amides is 2. The van der Waals surface area contributed by atoms with E-state index < -0.39 is 71.3 Å². The van der Waals surface area contributed by atoms with E-state index in [1.54, 1.807) is 50.0 Å². The summed E-state index contributed by atoms with van der Waals surface area (Å²) in [7, 11) is -4.57.